The van der Waals surface area contributed by atoms with Gasteiger partial charge in [-0.3, -0.25) is 19.2 Å². The third-order valence-electron chi connectivity index (χ3n) is 18.5. The largest absolute Gasteiger partial charge is 0.505 e. The lowest BCUT2D eigenvalue weighted by Gasteiger charge is -2.23. The van der Waals surface area contributed by atoms with Crippen LogP contribution in [-0.4, -0.2) is 162 Å². The Balaban J connectivity index is 0.000000222. The van der Waals surface area contributed by atoms with E-state index in [-0.39, 0.29) is 91.6 Å². The number of azo groups is 4. The smallest absolute Gasteiger partial charge is 0.255 e. The molecule has 0 spiro atoms. The summed E-state index contributed by atoms with van der Waals surface area (Å²) in [6, 6.07) is 67.1. The quantitative estimate of drug-likeness (QED) is 0.0115. The summed E-state index contributed by atoms with van der Waals surface area (Å²) in [5.74, 6) is -2.34. The molecular formula is C88H94N16O8+2. The number of carbonyl (C=O) groups excluding carboxylic acids is 4. The molecule has 12 aromatic rings. The Morgan fingerprint density at radius 3 is 0.741 bits per heavy atom. The number of hydrogen-bond donors (Lipinski definition) is 10. The highest BCUT2D eigenvalue weighted by atomic mass is 16.3. The SMILES string of the molecule is CNCCCNC(=O)c1cc2ccccc2c(N=Nc2ccc(Cc3ccc(N=Nc4c(O)c(C(=O)NCCCNC)cc5ccccc45)cc3)cc2)c1O.C[N+](C)(C)CCNC(=O)c1cc2ccccc2c(N=Nc2ccc(Cc3ccc(N=Nc4c(O)c(C(=O)NCC[N+](C)(C)C)cc5ccccc45)cc3)cc2)c1O. The van der Waals surface area contributed by atoms with Crippen LogP contribution in [0.5, 0.6) is 23.0 Å². The summed E-state index contributed by atoms with van der Waals surface area (Å²) >= 11 is 0. The average molecular weight is 1500 g/mol. The van der Waals surface area contributed by atoms with Crippen molar-refractivity contribution >= 4 is 112 Å². The molecule has 0 radical (unpaired) electrons. The number of benzene rings is 12. The summed E-state index contributed by atoms with van der Waals surface area (Å²) in [4.78, 5) is 52.0. The van der Waals surface area contributed by atoms with Crippen LogP contribution in [0, 0.1) is 0 Å². The van der Waals surface area contributed by atoms with Crippen molar-refractivity contribution in [3.05, 3.63) is 263 Å². The van der Waals surface area contributed by atoms with Gasteiger partial charge in [-0.1, -0.05) is 146 Å². The fraction of sp³-hybridized carbons (Fsp3) is 0.227. The van der Waals surface area contributed by atoms with E-state index in [1.807, 2.05) is 251 Å². The number of quaternary nitrogens is 2. The molecule has 0 unspecified atom stereocenters. The molecule has 0 aromatic heterocycles. The number of likely N-dealkylation sites (N-methyl/N-ethyl adjacent to an activating group) is 2. The van der Waals surface area contributed by atoms with Gasteiger partial charge in [-0.15, -0.1) is 20.5 Å². The zero-order valence-electron chi connectivity index (χ0n) is 64.2. The molecular weight excluding hydrogens is 1410 g/mol. The lowest BCUT2D eigenvalue weighted by atomic mass is 10.0. The fourth-order valence-corrected chi connectivity index (χ4v) is 12.3. The van der Waals surface area contributed by atoms with Gasteiger partial charge in [0.25, 0.3) is 23.6 Å². The van der Waals surface area contributed by atoms with Crippen LogP contribution < -0.4 is 31.9 Å². The van der Waals surface area contributed by atoms with Gasteiger partial charge >= 0.3 is 0 Å². The number of rotatable bonds is 30. The topological polar surface area (TPSA) is 320 Å². The van der Waals surface area contributed by atoms with Crippen LogP contribution >= 0.6 is 0 Å². The van der Waals surface area contributed by atoms with Gasteiger partial charge in [-0.05, 0) is 169 Å². The summed E-state index contributed by atoms with van der Waals surface area (Å²) in [5, 5.41) is 103. The van der Waals surface area contributed by atoms with Crippen molar-refractivity contribution < 1.29 is 48.6 Å². The Morgan fingerprint density at radius 1 is 0.295 bits per heavy atom. The van der Waals surface area contributed by atoms with Gasteiger partial charge in [-0.25, -0.2) is 0 Å². The van der Waals surface area contributed by atoms with E-state index in [1.165, 1.54) is 0 Å². The van der Waals surface area contributed by atoms with Crippen molar-refractivity contribution in [1.82, 2.24) is 31.9 Å². The lowest BCUT2D eigenvalue weighted by molar-refractivity contribution is -0.869. The first-order valence-corrected chi connectivity index (χ1v) is 37.1. The molecule has 24 nitrogen and oxygen atoms in total. The average Bonchev–Trinajstić information content (AvgIpc) is 0.798. The van der Waals surface area contributed by atoms with Crippen LogP contribution in [0.4, 0.5) is 45.5 Å². The van der Waals surface area contributed by atoms with E-state index in [4.69, 9.17) is 0 Å². The Morgan fingerprint density at radius 2 is 0.518 bits per heavy atom. The highest BCUT2D eigenvalue weighted by Gasteiger charge is 2.24. The van der Waals surface area contributed by atoms with Crippen molar-refractivity contribution in [2.24, 2.45) is 40.9 Å². The third kappa shape index (κ3) is 21.3. The highest BCUT2D eigenvalue weighted by Crippen LogP contribution is 2.44. The molecule has 4 amide bonds. The van der Waals surface area contributed by atoms with Crippen molar-refractivity contribution in [2.75, 3.05) is 109 Å². The summed E-state index contributed by atoms with van der Waals surface area (Å²) < 4.78 is 1.40. The molecule has 0 aliphatic heterocycles. The summed E-state index contributed by atoms with van der Waals surface area (Å²) in [7, 11) is 16.0. The molecule has 572 valence electrons. The minimum absolute atomic E-state index is 0.150. The molecule has 0 aliphatic rings. The number of nitrogens with one attached hydrogen (secondary N) is 6. The molecule has 0 saturated heterocycles. The van der Waals surface area contributed by atoms with Crippen molar-refractivity contribution in [2.45, 2.75) is 25.7 Å². The van der Waals surface area contributed by atoms with Crippen molar-refractivity contribution in [1.29, 1.82) is 0 Å². The van der Waals surface area contributed by atoms with Gasteiger partial charge in [0.15, 0.2) is 23.0 Å². The van der Waals surface area contributed by atoms with Crippen molar-refractivity contribution in [3.63, 3.8) is 0 Å². The van der Waals surface area contributed by atoms with E-state index in [0.29, 0.717) is 92.3 Å². The van der Waals surface area contributed by atoms with Crippen LogP contribution in [0.25, 0.3) is 43.1 Å². The number of aromatic hydroxyl groups is 4. The molecule has 12 rings (SSSR count). The highest BCUT2D eigenvalue weighted by molar-refractivity contribution is 6.10. The molecule has 24 heteroatoms. The van der Waals surface area contributed by atoms with Gasteiger partial charge in [0.2, 0.25) is 0 Å². The Bertz CT molecular complexity index is 5150. The summed E-state index contributed by atoms with van der Waals surface area (Å²) in [5.41, 5.74) is 8.13. The van der Waals surface area contributed by atoms with Crippen LogP contribution in [-0.2, 0) is 12.8 Å². The summed E-state index contributed by atoms with van der Waals surface area (Å²) in [6.45, 7) is 4.89. The van der Waals surface area contributed by atoms with Gasteiger partial charge in [0.05, 0.1) is 113 Å². The molecule has 0 heterocycles. The van der Waals surface area contributed by atoms with Crippen molar-refractivity contribution in [3.8, 4) is 23.0 Å². The Kier molecular flexibility index (Phi) is 26.7. The molecule has 12 aromatic carbocycles. The maximum Gasteiger partial charge on any atom is 0.255 e. The first-order valence-electron chi connectivity index (χ1n) is 37.1. The second-order valence-corrected chi connectivity index (χ2v) is 29.2. The lowest BCUT2D eigenvalue weighted by Crippen LogP contribution is -2.41. The predicted molar refractivity (Wildman–Crippen MR) is 443 cm³/mol. The maximum atomic E-state index is 13.1. The minimum atomic E-state index is -0.369. The summed E-state index contributed by atoms with van der Waals surface area (Å²) in [6.07, 6.45) is 2.83. The van der Waals surface area contributed by atoms with Gasteiger partial charge in [-0.2, -0.15) is 20.5 Å². The second-order valence-electron chi connectivity index (χ2n) is 29.2. The van der Waals surface area contributed by atoms with E-state index in [1.54, 1.807) is 24.3 Å². The first-order chi connectivity index (χ1) is 54.0. The first kappa shape index (κ1) is 80.0. The standard InChI is InChI=1S/C45H48N8O4.C43H44N8O4/c1-52(2,3)25-23-46-44(56)38-28-32-11-7-9-13-36(32)40(42(38)54)50-48-34-19-15-30(16-20-34)27-31-17-21-35(22-18-31)49-51-41-37-14-10-8-12-33(37)29-39(43(41)55)45(57)47-24-26-53(4,5)6;1-44-21-7-23-46-42(54)36-26-30-9-3-5-11-34(30)38(40(36)52)50-48-32-17-13-28(14-18-32)25-29-15-19-33(20-16-29)49-51-39-35-12-6-4-10-31(35)27-37(41(39)53)43(55)47-24-8-22-45-2/h7-22,28-29H,23-27H2,1-6H3,(H2-2,46,47,48,49,54,55,56,57);3-6,9-20,26-27,44-45,52-53H,7-8,21-25H2,1-2H3,(H,46,54)(H,47,55)/p+2. The molecule has 0 aliphatic carbocycles. The van der Waals surface area contributed by atoms with Gasteiger partial charge in [0.1, 0.15) is 22.7 Å². The molecule has 10 N–H and O–H groups in total. The van der Waals surface area contributed by atoms with E-state index < -0.39 is 0 Å². The zero-order valence-corrected chi connectivity index (χ0v) is 64.2. The monoisotopic (exact) mass is 1500 g/mol. The molecule has 0 saturated carbocycles. The van der Waals surface area contributed by atoms with E-state index >= 15 is 0 Å². The fourth-order valence-electron chi connectivity index (χ4n) is 12.3. The number of phenolic OH excluding ortho intramolecular Hbond substituents is 4. The maximum absolute atomic E-state index is 13.1. The Labute approximate surface area is 650 Å². The Hall–Kier alpha value is -13.0. The molecule has 0 atom stereocenters. The number of fused-ring (bicyclic) bond motifs is 4. The third-order valence-corrected chi connectivity index (χ3v) is 18.5. The van der Waals surface area contributed by atoms with E-state index in [9.17, 15) is 39.6 Å². The van der Waals surface area contributed by atoms with Gasteiger partial charge < -0.3 is 61.3 Å². The van der Waals surface area contributed by atoms with Crippen LogP contribution in [0.2, 0.25) is 0 Å². The van der Waals surface area contributed by atoms with Crippen LogP contribution in [0.15, 0.2) is 259 Å². The van der Waals surface area contributed by atoms with Crippen LogP contribution in [0.3, 0.4) is 0 Å². The zero-order chi connectivity index (χ0) is 79.3. The number of amides is 4. The van der Waals surface area contributed by atoms with E-state index in [0.717, 1.165) is 82.8 Å². The number of phenols is 4. The number of hydrogen-bond acceptors (Lipinski definition) is 18. The van der Waals surface area contributed by atoms with Crippen LogP contribution in [0.1, 0.15) is 76.5 Å². The van der Waals surface area contributed by atoms with Gasteiger partial charge in [0, 0.05) is 34.6 Å². The second kappa shape index (κ2) is 37.4. The molecule has 0 bridgehead atoms. The molecule has 0 fully saturated rings. The number of carbonyl (C=O) groups is 4. The number of nitrogens with zero attached hydrogens (tertiary/aromatic N) is 10. The predicted octanol–water partition coefficient (Wildman–Crippen LogP) is 17.2. The molecule has 112 heavy (non-hydrogen) atoms. The minimum Gasteiger partial charge on any atom is -0.505 e. The normalized spacial score (nSPS) is 11.9. The van der Waals surface area contributed by atoms with E-state index in [2.05, 4.69) is 72.8 Å².